The molecule has 1 saturated heterocycles. The Morgan fingerprint density at radius 3 is 2.60 bits per heavy atom. The molecule has 1 heterocycles. The van der Waals surface area contributed by atoms with Crippen molar-refractivity contribution in [2.75, 3.05) is 12.8 Å². The molecule has 1 aliphatic rings. The third kappa shape index (κ3) is 3.07. The maximum absolute atomic E-state index is 11.7. The fraction of sp³-hybridized carbons (Fsp3) is 0.429. The predicted molar refractivity (Wildman–Crippen MR) is 75.0 cm³/mol. The number of β-lactam (4-membered cyclic amide) rings is 1. The van der Waals surface area contributed by atoms with Crippen molar-refractivity contribution in [2.24, 2.45) is 5.92 Å². The Labute approximate surface area is 120 Å². The topological polar surface area (TPSA) is 63.7 Å². The van der Waals surface area contributed by atoms with Crippen LogP contribution in [0.25, 0.3) is 0 Å². The highest BCUT2D eigenvalue weighted by atomic mass is 32.2. The van der Waals surface area contributed by atoms with Crippen LogP contribution in [0.4, 0.5) is 0 Å². The van der Waals surface area contributed by atoms with E-state index >= 15 is 0 Å². The van der Waals surface area contributed by atoms with Crippen LogP contribution >= 0.6 is 0 Å². The number of hydrogen-bond acceptors (Lipinski definition) is 4. The number of carbonyl (C=O) groups is 2. The van der Waals surface area contributed by atoms with Crippen LogP contribution in [0.1, 0.15) is 12.5 Å². The predicted octanol–water partition coefficient (Wildman–Crippen LogP) is 0.913. The van der Waals surface area contributed by atoms with Crippen molar-refractivity contribution in [2.45, 2.75) is 18.9 Å². The van der Waals surface area contributed by atoms with Crippen LogP contribution in [0.5, 0.6) is 0 Å². The summed E-state index contributed by atoms with van der Waals surface area (Å²) in [6.45, 7) is 1.76. The highest BCUT2D eigenvalue weighted by Gasteiger charge is 2.47. The van der Waals surface area contributed by atoms with Crippen molar-refractivity contribution >= 4 is 22.7 Å². The summed E-state index contributed by atoms with van der Waals surface area (Å²) in [6.07, 6.45) is 1.54. The lowest BCUT2D eigenvalue weighted by Crippen LogP contribution is -2.62. The fourth-order valence-electron chi connectivity index (χ4n) is 2.25. The van der Waals surface area contributed by atoms with Crippen molar-refractivity contribution in [3.8, 4) is 0 Å². The highest BCUT2D eigenvalue weighted by molar-refractivity contribution is 7.85. The van der Waals surface area contributed by atoms with Crippen molar-refractivity contribution in [3.05, 3.63) is 35.9 Å². The van der Waals surface area contributed by atoms with Gasteiger partial charge < -0.3 is 9.64 Å². The van der Waals surface area contributed by atoms with E-state index in [0.29, 0.717) is 0 Å². The lowest BCUT2D eigenvalue weighted by Gasteiger charge is -2.43. The van der Waals surface area contributed by atoms with Crippen LogP contribution in [-0.4, -0.2) is 39.2 Å². The zero-order valence-electron chi connectivity index (χ0n) is 11.4. The second-order valence-electron chi connectivity index (χ2n) is 4.79. The van der Waals surface area contributed by atoms with Gasteiger partial charge in [-0.25, -0.2) is 0 Å². The molecule has 0 N–H and O–H groups in total. The number of ether oxygens (including phenoxy) is 1. The van der Waals surface area contributed by atoms with Gasteiger partial charge in [0.2, 0.25) is 5.91 Å². The standard InChI is InChI=1S/C14H17NO4S/c1-10-13(17)15(14(10)20(2)18)8-12(16)19-9-11-6-4-3-5-7-11/h3-7,10,14H,8-9H2,1-2H3/t10-,14+,20?/m1/s1. The molecular weight excluding hydrogens is 278 g/mol. The third-order valence-corrected chi connectivity index (χ3v) is 4.63. The number of carbonyl (C=O) groups excluding carboxylic acids is 2. The minimum Gasteiger partial charge on any atom is -0.459 e. The van der Waals surface area contributed by atoms with E-state index in [9.17, 15) is 13.8 Å². The van der Waals surface area contributed by atoms with Gasteiger partial charge in [-0.1, -0.05) is 37.3 Å². The van der Waals surface area contributed by atoms with E-state index in [1.165, 1.54) is 11.2 Å². The average Bonchev–Trinajstić information content (AvgIpc) is 2.44. The van der Waals surface area contributed by atoms with Crippen molar-refractivity contribution in [1.29, 1.82) is 0 Å². The monoisotopic (exact) mass is 295 g/mol. The lowest BCUT2D eigenvalue weighted by molar-refractivity contribution is -0.160. The summed E-state index contributed by atoms with van der Waals surface area (Å²) in [5.41, 5.74) is 0.889. The minimum atomic E-state index is -1.16. The Morgan fingerprint density at radius 1 is 1.35 bits per heavy atom. The van der Waals surface area contributed by atoms with Gasteiger partial charge >= 0.3 is 5.97 Å². The molecule has 2 rings (SSSR count). The number of benzene rings is 1. The molecule has 1 aromatic rings. The fourth-order valence-corrected chi connectivity index (χ4v) is 3.48. The number of nitrogens with zero attached hydrogens (tertiary/aromatic N) is 1. The van der Waals surface area contributed by atoms with E-state index in [1.54, 1.807) is 6.92 Å². The van der Waals surface area contributed by atoms with Crippen LogP contribution < -0.4 is 0 Å². The summed E-state index contributed by atoms with van der Waals surface area (Å²) in [6, 6.07) is 9.31. The molecule has 0 bridgehead atoms. The minimum absolute atomic E-state index is 0.139. The van der Waals surface area contributed by atoms with Crippen LogP contribution in [0.2, 0.25) is 0 Å². The first kappa shape index (κ1) is 14.7. The number of likely N-dealkylation sites (tertiary alicyclic amines) is 1. The Kier molecular flexibility index (Phi) is 4.54. The Balaban J connectivity index is 1.86. The van der Waals surface area contributed by atoms with E-state index in [0.717, 1.165) is 5.56 Å². The normalized spacial score (nSPS) is 23.1. The zero-order chi connectivity index (χ0) is 14.7. The van der Waals surface area contributed by atoms with Gasteiger partial charge in [0.05, 0.1) is 5.92 Å². The first-order chi connectivity index (χ1) is 9.50. The third-order valence-electron chi connectivity index (χ3n) is 3.29. The molecule has 1 aliphatic heterocycles. The number of amides is 1. The molecule has 108 valence electrons. The van der Waals surface area contributed by atoms with Crippen LogP contribution in [-0.2, 0) is 31.7 Å². The Morgan fingerprint density at radius 2 is 2.00 bits per heavy atom. The molecule has 0 spiro atoms. The van der Waals surface area contributed by atoms with Gasteiger partial charge in [0, 0.05) is 17.1 Å². The summed E-state index contributed by atoms with van der Waals surface area (Å²) >= 11 is 0. The van der Waals surface area contributed by atoms with Gasteiger partial charge in [0.25, 0.3) is 0 Å². The molecule has 1 fully saturated rings. The van der Waals surface area contributed by atoms with Crippen LogP contribution in [0.3, 0.4) is 0 Å². The van der Waals surface area contributed by atoms with Crippen molar-refractivity contribution in [1.82, 2.24) is 4.90 Å². The molecule has 1 unspecified atom stereocenters. The molecule has 0 aliphatic carbocycles. The second-order valence-corrected chi connectivity index (χ2v) is 6.27. The molecule has 3 atom stereocenters. The zero-order valence-corrected chi connectivity index (χ0v) is 12.3. The maximum Gasteiger partial charge on any atom is 0.326 e. The molecule has 0 aromatic heterocycles. The second kappa shape index (κ2) is 6.17. The molecule has 20 heavy (non-hydrogen) atoms. The SMILES string of the molecule is C[C@@H]1C(=O)N(CC(=O)OCc2ccccc2)[C@H]1S(C)=O. The van der Waals surface area contributed by atoms with Gasteiger partial charge in [-0.05, 0) is 5.56 Å². The first-order valence-corrected chi connectivity index (χ1v) is 7.95. The quantitative estimate of drug-likeness (QED) is 0.598. The molecule has 6 heteroatoms. The van der Waals surface area contributed by atoms with Gasteiger partial charge in [0.15, 0.2) is 0 Å². The summed E-state index contributed by atoms with van der Waals surface area (Å²) in [4.78, 5) is 24.7. The van der Waals surface area contributed by atoms with Crippen LogP contribution in [0.15, 0.2) is 30.3 Å². The number of hydrogen-bond donors (Lipinski definition) is 0. The van der Waals surface area contributed by atoms with E-state index in [-0.39, 0.29) is 30.4 Å². The highest BCUT2D eigenvalue weighted by Crippen LogP contribution is 2.28. The molecule has 5 nitrogen and oxygen atoms in total. The average molecular weight is 295 g/mol. The first-order valence-electron chi connectivity index (χ1n) is 6.33. The van der Waals surface area contributed by atoms with Gasteiger partial charge in [-0.15, -0.1) is 0 Å². The Bertz CT molecular complexity index is 531. The summed E-state index contributed by atoms with van der Waals surface area (Å²) in [7, 11) is -1.16. The summed E-state index contributed by atoms with van der Waals surface area (Å²) in [5.74, 6) is -0.922. The van der Waals surface area contributed by atoms with Gasteiger partial charge in [-0.3, -0.25) is 13.8 Å². The Hall–Kier alpha value is -1.69. The maximum atomic E-state index is 11.7. The van der Waals surface area contributed by atoms with Crippen molar-refractivity contribution in [3.63, 3.8) is 0 Å². The summed E-state index contributed by atoms with van der Waals surface area (Å²) in [5, 5.41) is -0.383. The smallest absolute Gasteiger partial charge is 0.326 e. The molecule has 0 saturated carbocycles. The van der Waals surface area contributed by atoms with E-state index < -0.39 is 16.8 Å². The molecule has 1 amide bonds. The van der Waals surface area contributed by atoms with Crippen LogP contribution in [0, 0.1) is 5.92 Å². The van der Waals surface area contributed by atoms with E-state index in [4.69, 9.17) is 4.74 Å². The van der Waals surface area contributed by atoms with Gasteiger partial charge in [0.1, 0.15) is 18.5 Å². The number of rotatable bonds is 5. The largest absolute Gasteiger partial charge is 0.459 e. The number of esters is 1. The molecule has 1 aromatic carbocycles. The van der Waals surface area contributed by atoms with Gasteiger partial charge in [-0.2, -0.15) is 0 Å². The van der Waals surface area contributed by atoms with Crippen molar-refractivity contribution < 1.29 is 18.5 Å². The molecular formula is C14H17NO4S. The molecule has 0 radical (unpaired) electrons. The lowest BCUT2D eigenvalue weighted by atomic mass is 10.0. The summed E-state index contributed by atoms with van der Waals surface area (Å²) < 4.78 is 16.6. The van der Waals surface area contributed by atoms with E-state index in [1.807, 2.05) is 30.3 Å². The van der Waals surface area contributed by atoms with E-state index in [2.05, 4.69) is 0 Å².